The summed E-state index contributed by atoms with van der Waals surface area (Å²) in [5, 5.41) is 6.57. The van der Waals surface area contributed by atoms with E-state index in [2.05, 4.69) is 17.6 Å². The van der Waals surface area contributed by atoms with Gasteiger partial charge in [-0.15, -0.1) is 0 Å². The number of carbonyl (C=O) groups is 1. The first-order valence-electron chi connectivity index (χ1n) is 7.13. The number of hydrogen-bond acceptors (Lipinski definition) is 3. The molecule has 0 aromatic rings. The van der Waals surface area contributed by atoms with E-state index >= 15 is 0 Å². The molecule has 0 heterocycles. The Balaban J connectivity index is 1.57. The van der Waals surface area contributed by atoms with Crippen LogP contribution in [0.3, 0.4) is 0 Å². The molecule has 4 nitrogen and oxygen atoms in total. The Morgan fingerprint density at radius 1 is 1.22 bits per heavy atom. The van der Waals surface area contributed by atoms with Crippen LogP contribution in [-0.2, 0) is 4.74 Å². The monoisotopic (exact) mass is 254 g/mol. The Morgan fingerprint density at radius 2 is 1.89 bits per heavy atom. The lowest BCUT2D eigenvalue weighted by Gasteiger charge is -2.37. The summed E-state index contributed by atoms with van der Waals surface area (Å²) >= 11 is 0. The molecule has 2 rings (SSSR count). The molecule has 0 spiro atoms. The van der Waals surface area contributed by atoms with Crippen LogP contribution in [0.2, 0.25) is 0 Å². The van der Waals surface area contributed by atoms with Gasteiger partial charge in [-0.2, -0.15) is 0 Å². The van der Waals surface area contributed by atoms with Crippen LogP contribution in [0.4, 0.5) is 4.79 Å². The van der Waals surface area contributed by atoms with Gasteiger partial charge < -0.3 is 15.4 Å². The Hall–Kier alpha value is -0.770. The molecule has 0 radical (unpaired) electrons. The smallest absolute Gasteiger partial charge is 0.407 e. The van der Waals surface area contributed by atoms with E-state index in [0.29, 0.717) is 6.04 Å². The summed E-state index contributed by atoms with van der Waals surface area (Å²) in [5.74, 6) is 0.892. The van der Waals surface area contributed by atoms with Gasteiger partial charge in [0.25, 0.3) is 0 Å². The van der Waals surface area contributed by atoms with Gasteiger partial charge in [0, 0.05) is 18.1 Å². The number of rotatable bonds is 4. The van der Waals surface area contributed by atoms with E-state index in [9.17, 15) is 4.79 Å². The summed E-state index contributed by atoms with van der Waals surface area (Å²) in [7, 11) is 0. The molecule has 0 aromatic heterocycles. The zero-order valence-corrected chi connectivity index (χ0v) is 12.0. The minimum Gasteiger partial charge on any atom is -0.444 e. The zero-order valence-electron chi connectivity index (χ0n) is 12.0. The number of nitrogens with one attached hydrogen (secondary N) is 2. The average molecular weight is 254 g/mol. The van der Waals surface area contributed by atoms with Crippen molar-refractivity contribution < 1.29 is 9.53 Å². The Kier molecular flexibility index (Phi) is 3.85. The van der Waals surface area contributed by atoms with Gasteiger partial charge in [0.05, 0.1) is 0 Å². The molecule has 2 unspecified atom stereocenters. The first kappa shape index (κ1) is 13.7. The molecular formula is C14H26N2O2. The molecule has 2 N–H and O–H groups in total. The van der Waals surface area contributed by atoms with Crippen LogP contribution >= 0.6 is 0 Å². The second kappa shape index (κ2) is 5.08. The van der Waals surface area contributed by atoms with E-state index in [0.717, 1.165) is 24.8 Å². The van der Waals surface area contributed by atoms with Crippen molar-refractivity contribution in [3.63, 3.8) is 0 Å². The fraction of sp³-hybridized carbons (Fsp3) is 0.929. The maximum atomic E-state index is 11.5. The van der Waals surface area contributed by atoms with Gasteiger partial charge in [0.2, 0.25) is 0 Å². The maximum absolute atomic E-state index is 11.5. The van der Waals surface area contributed by atoms with Crippen molar-refractivity contribution in [2.45, 2.75) is 77.1 Å². The standard InChI is InChI=1S/C14H26N2O2/c1-5-9-6-12(9)15-10-7-11(8-10)16-13(17)18-14(2,3)4/h9-12,15H,5-8H2,1-4H3,(H,16,17). The number of ether oxygens (including phenoxy) is 1. The second-order valence-corrected chi connectivity index (χ2v) is 6.69. The lowest BCUT2D eigenvalue weighted by molar-refractivity contribution is 0.0465. The van der Waals surface area contributed by atoms with Crippen LogP contribution in [0.1, 0.15) is 53.4 Å². The molecule has 0 bridgehead atoms. The van der Waals surface area contributed by atoms with Crippen LogP contribution in [0.15, 0.2) is 0 Å². The average Bonchev–Trinajstić information content (AvgIpc) is 2.90. The van der Waals surface area contributed by atoms with Crippen LogP contribution < -0.4 is 10.6 Å². The highest BCUT2D eigenvalue weighted by Crippen LogP contribution is 2.35. The van der Waals surface area contributed by atoms with Crippen LogP contribution in [0, 0.1) is 5.92 Å². The van der Waals surface area contributed by atoms with Crippen molar-refractivity contribution in [3.05, 3.63) is 0 Å². The summed E-state index contributed by atoms with van der Waals surface area (Å²) in [5.41, 5.74) is -0.409. The van der Waals surface area contributed by atoms with Crippen LogP contribution in [-0.4, -0.2) is 29.8 Å². The quantitative estimate of drug-likeness (QED) is 0.810. The normalized spacial score (nSPS) is 34.7. The minimum atomic E-state index is -0.409. The van der Waals surface area contributed by atoms with Crippen LogP contribution in [0.25, 0.3) is 0 Å². The largest absolute Gasteiger partial charge is 0.444 e. The fourth-order valence-corrected chi connectivity index (χ4v) is 2.55. The van der Waals surface area contributed by atoms with E-state index in [1.807, 2.05) is 20.8 Å². The Morgan fingerprint density at radius 3 is 2.39 bits per heavy atom. The first-order valence-corrected chi connectivity index (χ1v) is 7.13. The molecule has 1 amide bonds. The molecule has 2 fully saturated rings. The zero-order chi connectivity index (χ0) is 13.3. The summed E-state index contributed by atoms with van der Waals surface area (Å²) < 4.78 is 5.24. The van der Waals surface area contributed by atoms with E-state index in [1.165, 1.54) is 12.8 Å². The van der Waals surface area contributed by atoms with Gasteiger partial charge in [-0.3, -0.25) is 0 Å². The topological polar surface area (TPSA) is 50.4 Å². The molecule has 104 valence electrons. The minimum absolute atomic E-state index is 0.288. The van der Waals surface area contributed by atoms with Gasteiger partial charge in [-0.25, -0.2) is 4.79 Å². The third kappa shape index (κ3) is 3.87. The van der Waals surface area contributed by atoms with E-state index in [-0.39, 0.29) is 12.1 Å². The van der Waals surface area contributed by atoms with E-state index in [1.54, 1.807) is 0 Å². The van der Waals surface area contributed by atoms with Crippen molar-refractivity contribution in [3.8, 4) is 0 Å². The molecule has 18 heavy (non-hydrogen) atoms. The van der Waals surface area contributed by atoms with Crippen molar-refractivity contribution in [1.29, 1.82) is 0 Å². The molecular weight excluding hydrogens is 228 g/mol. The molecule has 2 saturated carbocycles. The van der Waals surface area contributed by atoms with Gasteiger partial charge in [0.15, 0.2) is 0 Å². The summed E-state index contributed by atoms with van der Waals surface area (Å²) in [4.78, 5) is 11.5. The number of hydrogen-bond donors (Lipinski definition) is 2. The number of carbonyl (C=O) groups excluding carboxylic acids is 1. The summed E-state index contributed by atoms with van der Waals surface area (Å²) in [6.45, 7) is 7.90. The van der Waals surface area contributed by atoms with E-state index in [4.69, 9.17) is 4.74 Å². The van der Waals surface area contributed by atoms with Gasteiger partial charge in [0.1, 0.15) is 5.60 Å². The number of alkyl carbamates (subject to hydrolysis) is 1. The SMILES string of the molecule is CCC1CC1NC1CC(NC(=O)OC(C)(C)C)C1. The van der Waals surface area contributed by atoms with Crippen molar-refractivity contribution in [2.75, 3.05) is 0 Å². The number of amides is 1. The summed E-state index contributed by atoms with van der Waals surface area (Å²) in [6, 6.07) is 1.62. The predicted octanol–water partition coefficient (Wildman–Crippen LogP) is 2.43. The molecule has 2 aliphatic carbocycles. The molecule has 0 aromatic carbocycles. The molecule has 4 heteroatoms. The van der Waals surface area contributed by atoms with Crippen molar-refractivity contribution in [1.82, 2.24) is 10.6 Å². The van der Waals surface area contributed by atoms with E-state index < -0.39 is 5.60 Å². The lowest BCUT2D eigenvalue weighted by atomic mass is 9.87. The third-order valence-corrected chi connectivity index (χ3v) is 3.76. The van der Waals surface area contributed by atoms with Gasteiger partial charge in [-0.1, -0.05) is 13.3 Å². The highest BCUT2D eigenvalue weighted by Gasteiger charge is 2.40. The maximum Gasteiger partial charge on any atom is 0.407 e. The highest BCUT2D eigenvalue weighted by atomic mass is 16.6. The molecule has 2 atom stereocenters. The molecule has 2 aliphatic rings. The van der Waals surface area contributed by atoms with Crippen molar-refractivity contribution in [2.24, 2.45) is 5.92 Å². The van der Waals surface area contributed by atoms with Crippen LogP contribution in [0.5, 0.6) is 0 Å². The second-order valence-electron chi connectivity index (χ2n) is 6.69. The third-order valence-electron chi connectivity index (χ3n) is 3.76. The Bertz CT molecular complexity index is 305. The summed E-state index contributed by atoms with van der Waals surface area (Å²) in [6.07, 6.45) is 4.39. The molecule has 0 saturated heterocycles. The van der Waals surface area contributed by atoms with Gasteiger partial charge in [-0.05, 0) is 46.0 Å². The predicted molar refractivity (Wildman–Crippen MR) is 71.5 cm³/mol. The van der Waals surface area contributed by atoms with Crippen molar-refractivity contribution >= 4 is 6.09 Å². The highest BCUT2D eigenvalue weighted by molar-refractivity contribution is 5.68. The molecule has 0 aliphatic heterocycles. The van der Waals surface area contributed by atoms with Gasteiger partial charge >= 0.3 is 6.09 Å². The fourth-order valence-electron chi connectivity index (χ4n) is 2.55. The lowest BCUT2D eigenvalue weighted by Crippen LogP contribution is -2.53. The first-order chi connectivity index (χ1) is 8.37. The Labute approximate surface area is 110 Å².